The summed E-state index contributed by atoms with van der Waals surface area (Å²) in [5.41, 5.74) is 7.08. The highest BCUT2D eigenvalue weighted by Gasteiger charge is 2.39. The third kappa shape index (κ3) is 18.0. The SMILES string of the molecule is C.CC1(C)OC(=O)C(=CNc2ccccc2Cl)C(=O)O1.CC1(C)OC(=O)CC(=O)O1.COC(OC)OC.Nc1ccccc1Cl.O=c1cc[nH]c2c(Cl)cccc12.[B]. The quantitative estimate of drug-likeness (QED) is 0.0344. The molecule has 0 unspecified atom stereocenters. The second-order valence-corrected chi connectivity index (χ2v) is 13.1. The number of halogens is 3. The number of esters is 4. The van der Waals surface area contributed by atoms with E-state index in [1.165, 1.54) is 61.3 Å². The van der Waals surface area contributed by atoms with Gasteiger partial charge in [0.05, 0.1) is 32.0 Å². The summed E-state index contributed by atoms with van der Waals surface area (Å²) in [7, 11) is 4.53. The molecule has 0 amide bonds. The number of carbonyl (C=O) groups is 4. The molecule has 2 fully saturated rings. The first-order valence-electron chi connectivity index (χ1n) is 16.3. The number of hydrogen-bond donors (Lipinski definition) is 3. The Morgan fingerprint density at radius 1 is 0.707 bits per heavy atom. The van der Waals surface area contributed by atoms with E-state index in [1.54, 1.807) is 60.8 Å². The number of ether oxygens (including phenoxy) is 7. The Kier molecular flexibility index (Phi) is 23.1. The van der Waals surface area contributed by atoms with Crippen molar-refractivity contribution < 1.29 is 52.3 Å². The molecular weight excluding hydrogens is 820 g/mol. The van der Waals surface area contributed by atoms with Crippen molar-refractivity contribution in [2.75, 3.05) is 32.4 Å². The lowest BCUT2D eigenvalue weighted by Gasteiger charge is -2.29. The topological polar surface area (TPSA) is 204 Å². The highest BCUT2D eigenvalue weighted by Crippen LogP contribution is 2.25. The van der Waals surface area contributed by atoms with Gasteiger partial charge in [0.15, 0.2) is 11.0 Å². The van der Waals surface area contributed by atoms with E-state index in [0.717, 1.165) is 0 Å². The zero-order valence-electron chi connectivity index (χ0n) is 32.1. The van der Waals surface area contributed by atoms with Crippen LogP contribution < -0.4 is 16.5 Å². The summed E-state index contributed by atoms with van der Waals surface area (Å²) in [6, 6.07) is 20.9. The molecule has 3 heterocycles. The largest absolute Gasteiger partial charge is 0.423 e. The molecule has 0 saturated carbocycles. The lowest BCUT2D eigenvalue weighted by atomic mass is 10.2. The molecule has 2 saturated heterocycles. The van der Waals surface area contributed by atoms with Crippen LogP contribution in [0.3, 0.4) is 0 Å². The number of methoxy groups -OCH3 is 3. The molecule has 0 spiro atoms. The minimum absolute atomic E-state index is 0. The van der Waals surface area contributed by atoms with E-state index in [0.29, 0.717) is 37.3 Å². The smallest absolute Gasteiger partial charge is 0.350 e. The van der Waals surface area contributed by atoms with Crippen LogP contribution in [0.5, 0.6) is 0 Å². The lowest BCUT2D eigenvalue weighted by Crippen LogP contribution is -2.42. The van der Waals surface area contributed by atoms with Crippen molar-refractivity contribution in [3.8, 4) is 0 Å². The van der Waals surface area contributed by atoms with E-state index >= 15 is 0 Å². The number of benzene rings is 3. The Labute approximate surface area is 353 Å². The summed E-state index contributed by atoms with van der Waals surface area (Å²) in [5.74, 6) is -4.84. The molecule has 6 rings (SSSR count). The van der Waals surface area contributed by atoms with Crippen molar-refractivity contribution in [1.82, 2.24) is 4.98 Å². The van der Waals surface area contributed by atoms with Gasteiger partial charge in [0.1, 0.15) is 6.42 Å². The fraction of sp³-hybridized carbons (Fsp3) is 0.308. The molecule has 0 atom stereocenters. The molecule has 313 valence electrons. The maximum Gasteiger partial charge on any atom is 0.350 e. The molecule has 19 heteroatoms. The fourth-order valence-electron chi connectivity index (χ4n) is 4.20. The molecule has 15 nitrogen and oxygen atoms in total. The third-order valence-electron chi connectivity index (χ3n) is 6.59. The molecule has 3 radical (unpaired) electrons. The number of anilines is 2. The summed E-state index contributed by atoms with van der Waals surface area (Å²) in [6.45, 7) is 5.49. The summed E-state index contributed by atoms with van der Waals surface area (Å²) < 4.78 is 33.0. The van der Waals surface area contributed by atoms with E-state index in [-0.39, 0.29) is 33.3 Å². The number of para-hydroxylation sites is 3. The number of carbonyl (C=O) groups excluding carboxylic acids is 4. The Bertz CT molecular complexity index is 1990. The molecule has 4 N–H and O–H groups in total. The van der Waals surface area contributed by atoms with Crippen molar-refractivity contribution in [1.29, 1.82) is 0 Å². The van der Waals surface area contributed by atoms with Gasteiger partial charge in [-0.15, -0.1) is 0 Å². The highest BCUT2D eigenvalue weighted by atomic mass is 35.5. The first kappa shape index (κ1) is 52.9. The minimum Gasteiger partial charge on any atom is -0.423 e. The van der Waals surface area contributed by atoms with Crippen LogP contribution in [0.1, 0.15) is 41.5 Å². The van der Waals surface area contributed by atoms with Crippen LogP contribution in [0.2, 0.25) is 15.1 Å². The van der Waals surface area contributed by atoms with Gasteiger partial charge in [0.25, 0.3) is 18.1 Å². The normalized spacial score (nSPS) is 14.4. The highest BCUT2D eigenvalue weighted by molar-refractivity contribution is 6.35. The van der Waals surface area contributed by atoms with Gasteiger partial charge >= 0.3 is 23.9 Å². The van der Waals surface area contributed by atoms with Gasteiger partial charge in [0.2, 0.25) is 0 Å². The number of aromatic amines is 1. The summed E-state index contributed by atoms with van der Waals surface area (Å²) in [6.07, 6.45) is 2.54. The second-order valence-electron chi connectivity index (χ2n) is 11.9. The minimum atomic E-state index is -1.24. The summed E-state index contributed by atoms with van der Waals surface area (Å²) >= 11 is 17.4. The number of hydrogen-bond acceptors (Lipinski definition) is 14. The average Bonchev–Trinajstić information content (AvgIpc) is 3.11. The van der Waals surface area contributed by atoms with E-state index in [4.69, 9.17) is 50.0 Å². The standard InChI is InChI=1S/C13H12ClNO4.C9H6ClNO.C6H6ClN.C6H8O4.C4H10O3.CH4.B/c1-13(2)18-11(16)8(12(17)19-13)7-15-10-6-4-3-5-9(10)14;10-7-3-1-2-6-8(12)4-5-11-9(6)7;7-5-3-1-2-4-6(5)8;1-6(2)9-4(7)3-5(8)10-6;1-5-4(6-2)7-3;;/h3-7,15H,1-2H3;1-5H,(H,11,12);1-4H,8H2;3H2,1-2H3;4H,1-3H3;1H4;. The van der Waals surface area contributed by atoms with Crippen LogP contribution in [-0.4, -0.2) is 76.7 Å². The first-order valence-corrected chi connectivity index (χ1v) is 17.4. The molecule has 0 aliphatic carbocycles. The summed E-state index contributed by atoms with van der Waals surface area (Å²) in [4.78, 5) is 58.6. The van der Waals surface area contributed by atoms with Crippen molar-refractivity contribution in [3.63, 3.8) is 0 Å². The van der Waals surface area contributed by atoms with Gasteiger partial charge in [0, 0.05) is 81.3 Å². The molecule has 1 aromatic heterocycles. The summed E-state index contributed by atoms with van der Waals surface area (Å²) in [5, 5.41) is 5.07. The molecule has 4 aromatic rings. The number of nitrogens with one attached hydrogen (secondary N) is 2. The van der Waals surface area contributed by atoms with Crippen LogP contribution in [0.25, 0.3) is 10.9 Å². The molecular formula is C39H46BCl3N3O12. The van der Waals surface area contributed by atoms with E-state index in [9.17, 15) is 24.0 Å². The number of fused-ring (bicyclic) bond motifs is 1. The number of pyridine rings is 1. The Morgan fingerprint density at radius 2 is 1.19 bits per heavy atom. The molecule has 58 heavy (non-hydrogen) atoms. The zero-order valence-corrected chi connectivity index (χ0v) is 34.3. The van der Waals surface area contributed by atoms with Gasteiger partial charge in [-0.05, 0) is 36.4 Å². The maximum atomic E-state index is 11.7. The Balaban J connectivity index is 0.000000730. The van der Waals surface area contributed by atoms with Gasteiger partial charge < -0.3 is 49.2 Å². The predicted molar refractivity (Wildman–Crippen MR) is 223 cm³/mol. The van der Waals surface area contributed by atoms with Crippen molar-refractivity contribution in [3.05, 3.63) is 116 Å². The van der Waals surface area contributed by atoms with Crippen LogP contribution in [0.15, 0.2) is 95.6 Å². The second kappa shape index (κ2) is 25.3. The number of aromatic nitrogens is 1. The number of H-pyrrole nitrogens is 1. The van der Waals surface area contributed by atoms with Gasteiger partial charge in [-0.1, -0.05) is 72.6 Å². The molecule has 2 aliphatic heterocycles. The Morgan fingerprint density at radius 3 is 1.62 bits per heavy atom. The predicted octanol–water partition coefficient (Wildman–Crippen LogP) is 7.25. The monoisotopic (exact) mass is 864 g/mol. The number of nitrogens with two attached hydrogens (primary N) is 1. The average molecular weight is 866 g/mol. The Hall–Kier alpha value is -5.10. The third-order valence-corrected chi connectivity index (χ3v) is 7.58. The van der Waals surface area contributed by atoms with Crippen LogP contribution in [-0.2, 0) is 52.3 Å². The number of nitrogen functional groups attached to an aromatic ring is 1. The van der Waals surface area contributed by atoms with Crippen molar-refractivity contribution in [2.45, 2.75) is 59.6 Å². The van der Waals surface area contributed by atoms with Crippen molar-refractivity contribution in [2.24, 2.45) is 0 Å². The van der Waals surface area contributed by atoms with Crippen molar-refractivity contribution >= 4 is 89.4 Å². The van der Waals surface area contributed by atoms with Crippen LogP contribution >= 0.6 is 34.8 Å². The van der Waals surface area contributed by atoms with E-state index < -0.39 is 41.9 Å². The lowest BCUT2D eigenvalue weighted by molar-refractivity contribution is -0.252. The van der Waals surface area contributed by atoms with Crippen LogP contribution in [0.4, 0.5) is 11.4 Å². The molecule has 3 aromatic carbocycles. The van der Waals surface area contributed by atoms with Crippen LogP contribution in [0, 0.1) is 0 Å². The van der Waals surface area contributed by atoms with E-state index in [1.807, 2.05) is 12.1 Å². The molecule has 0 bridgehead atoms. The zero-order chi connectivity index (χ0) is 42.1. The van der Waals surface area contributed by atoms with Gasteiger partial charge in [-0.25, -0.2) is 9.59 Å². The van der Waals surface area contributed by atoms with Gasteiger partial charge in [-0.2, -0.15) is 0 Å². The van der Waals surface area contributed by atoms with E-state index in [2.05, 4.69) is 34.0 Å². The first-order chi connectivity index (χ1) is 26.3. The number of rotatable bonds is 5. The fourth-order valence-corrected chi connectivity index (χ4v) is 4.75. The number of cyclic esters (lactones) is 4. The molecule has 2 aliphatic rings. The maximum absolute atomic E-state index is 11.7. The van der Waals surface area contributed by atoms with Gasteiger partial charge in [-0.3, -0.25) is 14.4 Å².